The van der Waals surface area contributed by atoms with Crippen LogP contribution in [0.3, 0.4) is 0 Å². The summed E-state index contributed by atoms with van der Waals surface area (Å²) in [5.74, 6) is 0. The molecule has 3 N–H and O–H groups in total. The quantitative estimate of drug-likeness (QED) is 0.846. The zero-order valence-electron chi connectivity index (χ0n) is 11.1. The maximum absolute atomic E-state index is 12.0. The molecule has 0 bridgehead atoms. The Morgan fingerprint density at radius 3 is 2.24 bits per heavy atom. The second-order valence-electron chi connectivity index (χ2n) is 4.44. The highest BCUT2D eigenvalue weighted by atomic mass is 32.2. The highest BCUT2D eigenvalue weighted by molar-refractivity contribution is 7.91. The number of hydrogen-bond donors (Lipinski definition) is 2. The molecule has 1 aromatic carbocycles. The molecule has 0 unspecified atom stereocenters. The molecule has 21 heavy (non-hydrogen) atoms. The van der Waals surface area contributed by atoms with Gasteiger partial charge in [0.2, 0.25) is 10.0 Å². The van der Waals surface area contributed by atoms with Crippen LogP contribution in [0.15, 0.2) is 44.8 Å². The number of anilines is 1. The Hall–Kier alpha value is -1.42. The third-order valence-electron chi connectivity index (χ3n) is 2.68. The van der Waals surface area contributed by atoms with Gasteiger partial charge in [-0.3, -0.25) is 0 Å². The number of hydrogen-bond acceptors (Lipinski definition) is 6. The molecule has 0 radical (unpaired) electrons. The van der Waals surface area contributed by atoms with E-state index in [0.717, 1.165) is 17.6 Å². The predicted octanol–water partition coefficient (Wildman–Crippen LogP) is 1.21. The molecule has 0 atom stereocenters. The molecule has 1 heterocycles. The fraction of sp³-hybridized carbons (Fsp3) is 0.167. The van der Waals surface area contributed by atoms with Crippen molar-refractivity contribution in [3.8, 4) is 0 Å². The normalized spacial score (nSPS) is 12.4. The molecule has 0 aliphatic carbocycles. The molecule has 9 heteroatoms. The summed E-state index contributed by atoms with van der Waals surface area (Å²) in [4.78, 5) is 0.195. The lowest BCUT2D eigenvalue weighted by Crippen LogP contribution is -2.22. The summed E-state index contributed by atoms with van der Waals surface area (Å²) in [6, 6.07) is 7.42. The highest BCUT2D eigenvalue weighted by Gasteiger charge is 2.16. The van der Waals surface area contributed by atoms with Gasteiger partial charge in [0.25, 0.3) is 0 Å². The van der Waals surface area contributed by atoms with Crippen LogP contribution >= 0.6 is 11.3 Å². The van der Waals surface area contributed by atoms with Crippen molar-refractivity contribution in [3.63, 3.8) is 0 Å². The van der Waals surface area contributed by atoms with Gasteiger partial charge in [0.05, 0.1) is 4.90 Å². The predicted molar refractivity (Wildman–Crippen MR) is 82.3 cm³/mol. The molecule has 2 aromatic rings. The molecule has 0 aliphatic heterocycles. The maximum atomic E-state index is 12.0. The van der Waals surface area contributed by atoms with Gasteiger partial charge in [-0.15, -0.1) is 11.3 Å². The average molecular weight is 346 g/mol. The van der Waals surface area contributed by atoms with E-state index in [1.807, 2.05) is 0 Å². The third-order valence-corrected chi connectivity index (χ3v) is 6.67. The summed E-state index contributed by atoms with van der Waals surface area (Å²) in [7, 11) is -6.86. The van der Waals surface area contributed by atoms with Crippen molar-refractivity contribution in [3.05, 3.63) is 41.3 Å². The number of sulfonamides is 1. The number of rotatable bonds is 5. The standard InChI is InChI=1S/C12H14N2O4S3/c1-20(15,16)11-4-2-9(3-5-11)7-14-21(17,18)12-6-10(13)8-19-12/h2-6,8,14H,7,13H2,1H3. The van der Waals surface area contributed by atoms with Crippen LogP contribution in [0.4, 0.5) is 5.69 Å². The van der Waals surface area contributed by atoms with Crippen LogP contribution in [0.25, 0.3) is 0 Å². The minimum Gasteiger partial charge on any atom is -0.398 e. The topological polar surface area (TPSA) is 106 Å². The molecule has 114 valence electrons. The Bertz CT molecular complexity index is 837. The van der Waals surface area contributed by atoms with E-state index in [0.29, 0.717) is 11.3 Å². The van der Waals surface area contributed by atoms with Crippen molar-refractivity contribution in [2.24, 2.45) is 0 Å². The van der Waals surface area contributed by atoms with Crippen LogP contribution in [-0.2, 0) is 26.4 Å². The lowest BCUT2D eigenvalue weighted by molar-refractivity contribution is 0.583. The summed E-state index contributed by atoms with van der Waals surface area (Å²) in [6.45, 7) is 0.0736. The average Bonchev–Trinajstić information content (AvgIpc) is 2.83. The second kappa shape index (κ2) is 5.76. The first-order chi connectivity index (χ1) is 9.68. The van der Waals surface area contributed by atoms with E-state index in [1.54, 1.807) is 17.5 Å². The Balaban J connectivity index is 2.10. The van der Waals surface area contributed by atoms with Gasteiger partial charge in [0, 0.05) is 23.9 Å². The van der Waals surface area contributed by atoms with E-state index in [4.69, 9.17) is 5.73 Å². The highest BCUT2D eigenvalue weighted by Crippen LogP contribution is 2.21. The minimum absolute atomic E-state index is 0.0736. The molecule has 0 saturated carbocycles. The Labute approximate surface area is 127 Å². The van der Waals surface area contributed by atoms with E-state index >= 15 is 0 Å². The van der Waals surface area contributed by atoms with Gasteiger partial charge < -0.3 is 5.73 Å². The monoisotopic (exact) mass is 346 g/mol. The molecular weight excluding hydrogens is 332 g/mol. The van der Waals surface area contributed by atoms with Crippen molar-refractivity contribution < 1.29 is 16.8 Å². The molecule has 2 rings (SSSR count). The van der Waals surface area contributed by atoms with Crippen LogP contribution in [-0.4, -0.2) is 23.1 Å². The summed E-state index contributed by atoms with van der Waals surface area (Å²) >= 11 is 1.04. The Morgan fingerprint density at radius 1 is 1.14 bits per heavy atom. The summed E-state index contributed by atoms with van der Waals surface area (Å²) in [5.41, 5.74) is 6.56. The molecule has 0 saturated heterocycles. The third kappa shape index (κ3) is 4.03. The van der Waals surface area contributed by atoms with E-state index in [1.165, 1.54) is 18.2 Å². The van der Waals surface area contributed by atoms with Crippen molar-refractivity contribution in [1.82, 2.24) is 4.72 Å². The number of nitrogen functional groups attached to an aromatic ring is 1. The minimum atomic E-state index is -3.61. The zero-order valence-corrected chi connectivity index (χ0v) is 13.6. The van der Waals surface area contributed by atoms with E-state index in [-0.39, 0.29) is 15.6 Å². The van der Waals surface area contributed by atoms with E-state index in [9.17, 15) is 16.8 Å². The molecule has 0 aliphatic rings. The van der Waals surface area contributed by atoms with Crippen molar-refractivity contribution in [1.29, 1.82) is 0 Å². The number of benzene rings is 1. The van der Waals surface area contributed by atoms with Crippen LogP contribution in [0.5, 0.6) is 0 Å². The maximum Gasteiger partial charge on any atom is 0.250 e. The van der Waals surface area contributed by atoms with Gasteiger partial charge in [-0.2, -0.15) is 0 Å². The van der Waals surface area contributed by atoms with Gasteiger partial charge in [-0.1, -0.05) is 12.1 Å². The van der Waals surface area contributed by atoms with Gasteiger partial charge in [-0.05, 0) is 23.8 Å². The van der Waals surface area contributed by atoms with Gasteiger partial charge in [-0.25, -0.2) is 21.6 Å². The van der Waals surface area contributed by atoms with Gasteiger partial charge in [0.1, 0.15) is 4.21 Å². The zero-order chi connectivity index (χ0) is 15.7. The van der Waals surface area contributed by atoms with Crippen LogP contribution in [0, 0.1) is 0 Å². The first-order valence-electron chi connectivity index (χ1n) is 5.81. The fourth-order valence-electron chi connectivity index (χ4n) is 1.58. The summed E-state index contributed by atoms with van der Waals surface area (Å²) in [5, 5.41) is 1.55. The first-order valence-corrected chi connectivity index (χ1v) is 10.1. The van der Waals surface area contributed by atoms with Crippen LogP contribution in [0.1, 0.15) is 5.56 Å². The number of nitrogens with one attached hydrogen (secondary N) is 1. The molecule has 0 spiro atoms. The SMILES string of the molecule is CS(=O)(=O)c1ccc(CNS(=O)(=O)c2cc(N)cs2)cc1. The molecular formula is C12H14N2O4S3. The Morgan fingerprint density at radius 2 is 1.76 bits per heavy atom. The molecule has 1 aromatic heterocycles. The van der Waals surface area contributed by atoms with E-state index in [2.05, 4.69) is 4.72 Å². The van der Waals surface area contributed by atoms with Crippen molar-refractivity contribution >= 4 is 36.9 Å². The van der Waals surface area contributed by atoms with Crippen LogP contribution in [0.2, 0.25) is 0 Å². The molecule has 0 amide bonds. The summed E-state index contributed by atoms with van der Waals surface area (Å²) in [6.07, 6.45) is 1.12. The fourth-order valence-corrected chi connectivity index (χ4v) is 4.35. The largest absolute Gasteiger partial charge is 0.398 e. The summed E-state index contributed by atoms with van der Waals surface area (Å²) < 4.78 is 49.2. The van der Waals surface area contributed by atoms with Crippen molar-refractivity contribution in [2.45, 2.75) is 15.6 Å². The van der Waals surface area contributed by atoms with Crippen molar-refractivity contribution in [2.75, 3.05) is 12.0 Å². The smallest absolute Gasteiger partial charge is 0.250 e. The first kappa shape index (κ1) is 16.0. The van der Waals surface area contributed by atoms with Crippen LogP contribution < -0.4 is 10.5 Å². The molecule has 6 nitrogen and oxygen atoms in total. The number of sulfone groups is 1. The lowest BCUT2D eigenvalue weighted by Gasteiger charge is -2.05. The second-order valence-corrected chi connectivity index (χ2v) is 9.36. The lowest BCUT2D eigenvalue weighted by atomic mass is 10.2. The molecule has 0 fully saturated rings. The van der Waals surface area contributed by atoms with Gasteiger partial charge >= 0.3 is 0 Å². The van der Waals surface area contributed by atoms with E-state index < -0.39 is 19.9 Å². The number of thiophene rings is 1. The number of nitrogens with two attached hydrogens (primary N) is 1. The van der Waals surface area contributed by atoms with Gasteiger partial charge in [0.15, 0.2) is 9.84 Å². The Kier molecular flexibility index (Phi) is 4.38.